The Bertz CT molecular complexity index is 813. The second-order valence-corrected chi connectivity index (χ2v) is 12.0. The Labute approximate surface area is 180 Å². The summed E-state index contributed by atoms with van der Waals surface area (Å²) >= 11 is 1.86. The molecule has 2 nitrogen and oxygen atoms in total. The predicted molar refractivity (Wildman–Crippen MR) is 122 cm³/mol. The first-order valence-electron chi connectivity index (χ1n) is 11.8. The van der Waals surface area contributed by atoms with Crippen LogP contribution < -0.4 is 0 Å². The molecule has 7 atom stereocenters. The van der Waals surface area contributed by atoms with Crippen LogP contribution in [-0.4, -0.2) is 23.9 Å². The van der Waals surface area contributed by atoms with E-state index in [9.17, 15) is 4.79 Å². The first kappa shape index (κ1) is 19.8. The number of nitrogens with zero attached hydrogens (tertiary/aromatic N) is 1. The van der Waals surface area contributed by atoms with Crippen molar-refractivity contribution in [3.05, 3.63) is 28.0 Å². The molecule has 3 saturated carbocycles. The fraction of sp³-hybridized carbons (Fsp3) is 0.731. The number of thiophene rings is 1. The van der Waals surface area contributed by atoms with Gasteiger partial charge in [-0.1, -0.05) is 25.5 Å². The molecule has 0 spiro atoms. The lowest BCUT2D eigenvalue weighted by Gasteiger charge is -2.62. The zero-order valence-electron chi connectivity index (χ0n) is 18.6. The molecule has 2 heterocycles. The average Bonchev–Trinajstić information content (AvgIpc) is 3.32. The topological polar surface area (TPSA) is 20.3 Å². The van der Waals surface area contributed by atoms with Gasteiger partial charge in [0, 0.05) is 24.4 Å². The molecule has 0 radical (unpaired) electrons. The molecule has 0 bridgehead atoms. The van der Waals surface area contributed by atoms with Crippen molar-refractivity contribution < 1.29 is 4.79 Å². The van der Waals surface area contributed by atoms with Gasteiger partial charge < -0.3 is 4.90 Å². The maximum atomic E-state index is 12.4. The highest BCUT2D eigenvalue weighted by Crippen LogP contribution is 2.67. The van der Waals surface area contributed by atoms with Gasteiger partial charge in [0.05, 0.1) is 0 Å². The van der Waals surface area contributed by atoms with E-state index in [-0.39, 0.29) is 0 Å². The van der Waals surface area contributed by atoms with Gasteiger partial charge in [-0.05, 0) is 104 Å². The summed E-state index contributed by atoms with van der Waals surface area (Å²) in [4.78, 5) is 15.9. The minimum absolute atomic E-state index is 0.340. The van der Waals surface area contributed by atoms with Crippen molar-refractivity contribution in [3.63, 3.8) is 0 Å². The Hall–Kier alpha value is -1.09. The van der Waals surface area contributed by atoms with Crippen LogP contribution in [0.25, 0.3) is 6.08 Å². The third-order valence-corrected chi connectivity index (χ3v) is 10.8. The molecule has 0 N–H and O–H groups in total. The largest absolute Gasteiger partial charge is 0.342 e. The summed E-state index contributed by atoms with van der Waals surface area (Å²) in [7, 11) is 2.07. The molecule has 1 aromatic rings. The lowest BCUT2D eigenvalue weighted by molar-refractivity contribution is -0.157. The van der Waals surface area contributed by atoms with Crippen molar-refractivity contribution in [1.29, 1.82) is 0 Å². The SMILES string of the molecule is C/C(=C\c1cccs1)[C@H]1CC[C@H]2[C@@H]3CC[C@H]4N(C)C(=O)CC[C@]4(C)[C@H]3CC[C@]12C. The fourth-order valence-electron chi connectivity index (χ4n) is 8.60. The number of fused-ring (bicyclic) bond motifs is 5. The van der Waals surface area contributed by atoms with Crippen LogP contribution in [0, 0.1) is 34.5 Å². The molecule has 1 aliphatic heterocycles. The number of rotatable bonds is 2. The highest BCUT2D eigenvalue weighted by Gasteiger charge is 2.61. The second kappa shape index (κ2) is 6.97. The highest BCUT2D eigenvalue weighted by molar-refractivity contribution is 7.10. The Morgan fingerprint density at radius 2 is 1.90 bits per heavy atom. The van der Waals surface area contributed by atoms with Crippen LogP contribution in [0.2, 0.25) is 0 Å². The van der Waals surface area contributed by atoms with Crippen LogP contribution in [0.5, 0.6) is 0 Å². The first-order chi connectivity index (χ1) is 13.8. The normalized spacial score (nSPS) is 45.0. The Morgan fingerprint density at radius 3 is 2.66 bits per heavy atom. The summed E-state index contributed by atoms with van der Waals surface area (Å²) < 4.78 is 0. The molecule has 158 valence electrons. The number of allylic oxidation sites excluding steroid dienone is 1. The Morgan fingerprint density at radius 1 is 1.10 bits per heavy atom. The molecule has 29 heavy (non-hydrogen) atoms. The number of carbonyl (C=O) groups excluding carboxylic acids is 1. The zero-order chi connectivity index (χ0) is 20.4. The quantitative estimate of drug-likeness (QED) is 0.535. The Kier molecular flexibility index (Phi) is 4.77. The second-order valence-electron chi connectivity index (χ2n) is 11.1. The molecule has 4 fully saturated rings. The van der Waals surface area contributed by atoms with Gasteiger partial charge >= 0.3 is 0 Å². The summed E-state index contributed by atoms with van der Waals surface area (Å²) in [6, 6.07) is 4.90. The highest BCUT2D eigenvalue weighted by atomic mass is 32.1. The van der Waals surface area contributed by atoms with E-state index in [0.717, 1.165) is 36.5 Å². The van der Waals surface area contributed by atoms with Crippen LogP contribution in [0.4, 0.5) is 0 Å². The van der Waals surface area contributed by atoms with Crippen LogP contribution in [-0.2, 0) is 4.79 Å². The summed E-state index contributed by atoms with van der Waals surface area (Å²) in [5, 5.41) is 2.19. The number of amides is 1. The summed E-state index contributed by atoms with van der Waals surface area (Å²) in [5.41, 5.74) is 2.42. The minimum atomic E-state index is 0.340. The summed E-state index contributed by atoms with van der Waals surface area (Å²) in [6.45, 7) is 7.56. The predicted octanol–water partition coefficient (Wildman–Crippen LogP) is 6.63. The van der Waals surface area contributed by atoms with E-state index in [0.29, 0.717) is 22.8 Å². The lowest BCUT2D eigenvalue weighted by Crippen LogP contribution is -2.61. The van der Waals surface area contributed by atoms with Gasteiger partial charge in [0.1, 0.15) is 0 Å². The zero-order valence-corrected chi connectivity index (χ0v) is 19.4. The molecule has 4 aliphatic rings. The standard InChI is InChI=1S/C26H37NOS/c1-17(16-18-6-5-15-29-18)20-8-9-21-19-7-10-23-26(3,14-12-24(28)27(23)4)22(19)11-13-25(20,21)2/h5-6,15-16,19-23H,7-14H2,1-4H3/b17-16+/t19-,20+,21-,22-,23+,25+,26+/m0/s1. The molecule has 0 unspecified atom stereocenters. The van der Waals surface area contributed by atoms with Crippen molar-refractivity contribution in [1.82, 2.24) is 4.90 Å². The molecule has 3 heteroatoms. The monoisotopic (exact) mass is 411 g/mol. The maximum Gasteiger partial charge on any atom is 0.222 e. The lowest BCUT2D eigenvalue weighted by atomic mass is 9.46. The van der Waals surface area contributed by atoms with E-state index >= 15 is 0 Å². The van der Waals surface area contributed by atoms with Gasteiger partial charge in [-0.3, -0.25) is 4.79 Å². The molecular formula is C26H37NOS. The van der Waals surface area contributed by atoms with Gasteiger partial charge in [0.25, 0.3) is 0 Å². The average molecular weight is 412 g/mol. The number of carbonyl (C=O) groups is 1. The number of hydrogen-bond acceptors (Lipinski definition) is 2. The molecule has 5 rings (SSSR count). The van der Waals surface area contributed by atoms with E-state index in [1.54, 1.807) is 5.57 Å². The van der Waals surface area contributed by atoms with Crippen molar-refractivity contribution in [3.8, 4) is 0 Å². The smallest absolute Gasteiger partial charge is 0.222 e. The van der Waals surface area contributed by atoms with Gasteiger partial charge in [-0.15, -0.1) is 11.3 Å². The van der Waals surface area contributed by atoms with E-state index in [4.69, 9.17) is 0 Å². The van der Waals surface area contributed by atoms with E-state index in [1.165, 1.54) is 43.4 Å². The van der Waals surface area contributed by atoms with Crippen LogP contribution >= 0.6 is 11.3 Å². The third kappa shape index (κ3) is 2.90. The molecule has 1 aromatic heterocycles. The first-order valence-corrected chi connectivity index (χ1v) is 12.7. The molecule has 0 aromatic carbocycles. The van der Waals surface area contributed by atoms with E-state index in [2.05, 4.69) is 56.3 Å². The summed E-state index contributed by atoms with van der Waals surface area (Å²) in [6.07, 6.45) is 12.4. The minimum Gasteiger partial charge on any atom is -0.342 e. The third-order valence-electron chi connectivity index (χ3n) is 10.0. The molecule has 1 saturated heterocycles. The maximum absolute atomic E-state index is 12.4. The van der Waals surface area contributed by atoms with Gasteiger partial charge in [0.15, 0.2) is 0 Å². The van der Waals surface area contributed by atoms with Gasteiger partial charge in [0.2, 0.25) is 5.91 Å². The van der Waals surface area contributed by atoms with Gasteiger partial charge in [-0.25, -0.2) is 0 Å². The Balaban J connectivity index is 1.41. The molecule has 3 aliphatic carbocycles. The van der Waals surface area contributed by atoms with Gasteiger partial charge in [-0.2, -0.15) is 0 Å². The van der Waals surface area contributed by atoms with Crippen LogP contribution in [0.1, 0.15) is 77.0 Å². The van der Waals surface area contributed by atoms with Crippen molar-refractivity contribution >= 4 is 23.3 Å². The van der Waals surface area contributed by atoms with Crippen molar-refractivity contribution in [2.24, 2.45) is 34.5 Å². The number of likely N-dealkylation sites (tertiary alicyclic amines) is 1. The van der Waals surface area contributed by atoms with Crippen molar-refractivity contribution in [2.45, 2.75) is 78.2 Å². The van der Waals surface area contributed by atoms with E-state index < -0.39 is 0 Å². The number of hydrogen-bond donors (Lipinski definition) is 0. The molecular weight excluding hydrogens is 374 g/mol. The number of piperidine rings is 1. The molecule has 1 amide bonds. The summed E-state index contributed by atoms with van der Waals surface area (Å²) in [5.74, 6) is 3.68. The fourth-order valence-corrected chi connectivity index (χ4v) is 9.32. The van der Waals surface area contributed by atoms with Crippen LogP contribution in [0.3, 0.4) is 0 Å². The van der Waals surface area contributed by atoms with Crippen molar-refractivity contribution in [2.75, 3.05) is 7.05 Å². The van der Waals surface area contributed by atoms with Crippen LogP contribution in [0.15, 0.2) is 23.1 Å². The van der Waals surface area contributed by atoms with E-state index in [1.807, 2.05) is 11.3 Å².